The summed E-state index contributed by atoms with van der Waals surface area (Å²) in [6.07, 6.45) is 16.1. The Kier molecular flexibility index (Phi) is 22.3. The van der Waals surface area contributed by atoms with Gasteiger partial charge >= 0.3 is 57.4 Å². The molecule has 0 rings (SSSR count). The molecule has 0 fully saturated rings. The van der Waals surface area contributed by atoms with Crippen LogP contribution in [0.5, 0.6) is 0 Å². The van der Waals surface area contributed by atoms with Gasteiger partial charge in [0.2, 0.25) is 0 Å². The molecule has 0 saturated carbocycles. The monoisotopic (exact) mass is 336 g/mol. The summed E-state index contributed by atoms with van der Waals surface area (Å²) in [6, 6.07) is 0. The zero-order valence-electron chi connectivity index (χ0n) is 14.7. The third-order valence-electron chi connectivity index (χ3n) is 3.74. The third kappa shape index (κ3) is 20.6. The van der Waals surface area contributed by atoms with Crippen LogP contribution in [-0.2, 0) is 4.79 Å². The van der Waals surface area contributed by atoms with Crippen LogP contribution >= 0.6 is 0 Å². The van der Waals surface area contributed by atoms with Crippen LogP contribution in [0.25, 0.3) is 0 Å². The molecule has 1 N–H and O–H groups in total. The average Bonchev–Trinajstić information content (AvgIpc) is 2.45. The zero-order valence-corrected chi connectivity index (χ0v) is 17.9. The van der Waals surface area contributed by atoms with Crippen molar-refractivity contribution in [1.82, 2.24) is 0 Å². The van der Waals surface area contributed by atoms with E-state index in [0.717, 1.165) is 44.9 Å². The second-order valence-corrected chi connectivity index (χ2v) is 5.89. The number of rotatable bonds is 15. The fourth-order valence-electron chi connectivity index (χ4n) is 2.40. The number of allylic oxidation sites excluding steroid dienone is 2. The average molecular weight is 337 g/mol. The first-order valence-corrected chi connectivity index (χ1v) is 8.74. The molecule has 124 valence electrons. The van der Waals surface area contributed by atoms with E-state index in [1.54, 1.807) is 0 Å². The molecular formula is C18H33KO3. The number of hydrogen-bond donors (Lipinski definition) is 1. The van der Waals surface area contributed by atoms with Crippen molar-refractivity contribution in [3.8, 4) is 0 Å². The Labute approximate surface area is 179 Å². The SMILES string of the molecule is CCCCCCCC/C([O-])=C\CCCCCCCC(=O)O.[K+]. The number of carboxylic acids is 1. The van der Waals surface area contributed by atoms with E-state index in [4.69, 9.17) is 5.11 Å². The summed E-state index contributed by atoms with van der Waals surface area (Å²) in [6.45, 7) is 2.21. The summed E-state index contributed by atoms with van der Waals surface area (Å²) < 4.78 is 0. The molecule has 0 radical (unpaired) electrons. The number of aliphatic carboxylic acids is 1. The quantitative estimate of drug-likeness (QED) is 0.282. The van der Waals surface area contributed by atoms with E-state index < -0.39 is 5.97 Å². The van der Waals surface area contributed by atoms with Crippen molar-refractivity contribution in [3.63, 3.8) is 0 Å². The van der Waals surface area contributed by atoms with E-state index in [1.165, 1.54) is 32.1 Å². The second kappa shape index (κ2) is 19.7. The third-order valence-corrected chi connectivity index (χ3v) is 3.74. The minimum absolute atomic E-state index is 0. The summed E-state index contributed by atoms with van der Waals surface area (Å²) in [5.74, 6) is -0.403. The molecule has 0 aliphatic heterocycles. The van der Waals surface area contributed by atoms with Gasteiger partial charge in [0.1, 0.15) is 0 Å². The molecule has 0 saturated heterocycles. The summed E-state index contributed by atoms with van der Waals surface area (Å²) in [5, 5.41) is 20.1. The second-order valence-electron chi connectivity index (χ2n) is 5.89. The Hall–Kier alpha value is 0.646. The van der Waals surface area contributed by atoms with Crippen molar-refractivity contribution in [2.24, 2.45) is 0 Å². The van der Waals surface area contributed by atoms with Crippen LogP contribution < -0.4 is 56.5 Å². The van der Waals surface area contributed by atoms with Gasteiger partial charge in [0.25, 0.3) is 0 Å². The van der Waals surface area contributed by atoms with E-state index in [2.05, 4.69) is 6.92 Å². The smallest absolute Gasteiger partial charge is 0.876 e. The molecule has 0 amide bonds. The topological polar surface area (TPSA) is 60.4 Å². The summed E-state index contributed by atoms with van der Waals surface area (Å²) in [5.41, 5.74) is 0. The van der Waals surface area contributed by atoms with Gasteiger partial charge in [0.15, 0.2) is 0 Å². The van der Waals surface area contributed by atoms with E-state index >= 15 is 0 Å². The molecule has 0 aliphatic carbocycles. The number of hydrogen-bond acceptors (Lipinski definition) is 2. The van der Waals surface area contributed by atoms with Gasteiger partial charge < -0.3 is 10.2 Å². The maximum atomic E-state index is 11.6. The molecular weight excluding hydrogens is 303 g/mol. The van der Waals surface area contributed by atoms with Crippen LogP contribution in [-0.4, -0.2) is 11.1 Å². The van der Waals surface area contributed by atoms with Crippen molar-refractivity contribution in [1.29, 1.82) is 0 Å². The van der Waals surface area contributed by atoms with Crippen LogP contribution in [0, 0.1) is 0 Å². The van der Waals surface area contributed by atoms with Gasteiger partial charge in [-0.3, -0.25) is 4.79 Å². The Morgan fingerprint density at radius 1 is 0.864 bits per heavy atom. The molecule has 0 aliphatic rings. The standard InChI is InChI=1S/C18H34O3.K/c1-2-3-4-5-8-11-14-17(19)15-12-9-6-7-10-13-16-18(20)21;/h15,19H,2-14,16H2,1H3,(H,20,21);/q;+1/p-1/b17-15+;. The van der Waals surface area contributed by atoms with Crippen LogP contribution in [0.15, 0.2) is 11.8 Å². The van der Waals surface area contributed by atoms with Crippen molar-refractivity contribution in [3.05, 3.63) is 11.8 Å². The van der Waals surface area contributed by atoms with Gasteiger partial charge in [0.05, 0.1) is 0 Å². The van der Waals surface area contributed by atoms with Gasteiger partial charge in [-0.05, 0) is 25.7 Å². The Morgan fingerprint density at radius 3 is 1.95 bits per heavy atom. The number of unbranched alkanes of at least 4 members (excludes halogenated alkanes) is 10. The van der Waals surface area contributed by atoms with Gasteiger partial charge in [0, 0.05) is 6.42 Å². The van der Waals surface area contributed by atoms with Crippen LogP contribution in [0.2, 0.25) is 0 Å². The van der Waals surface area contributed by atoms with Crippen molar-refractivity contribution < 1.29 is 66.4 Å². The Balaban J connectivity index is 0. The molecule has 0 aromatic carbocycles. The molecule has 0 atom stereocenters. The molecule has 0 unspecified atom stereocenters. The van der Waals surface area contributed by atoms with Gasteiger partial charge in [-0.25, -0.2) is 0 Å². The Bertz CT molecular complexity index is 278. The van der Waals surface area contributed by atoms with E-state index in [0.29, 0.717) is 12.2 Å². The van der Waals surface area contributed by atoms with Gasteiger partial charge in [-0.1, -0.05) is 70.8 Å². The minimum Gasteiger partial charge on any atom is -0.876 e. The van der Waals surface area contributed by atoms with Crippen molar-refractivity contribution in [2.45, 2.75) is 96.8 Å². The Morgan fingerprint density at radius 2 is 1.36 bits per heavy atom. The molecule has 0 heterocycles. The summed E-state index contributed by atoms with van der Waals surface area (Å²) in [7, 11) is 0. The van der Waals surface area contributed by atoms with Crippen LogP contribution in [0.1, 0.15) is 96.8 Å². The van der Waals surface area contributed by atoms with E-state index in [9.17, 15) is 9.90 Å². The van der Waals surface area contributed by atoms with Gasteiger partial charge in [-0.15, -0.1) is 5.76 Å². The molecule has 0 spiro atoms. The molecule has 0 bridgehead atoms. The predicted molar refractivity (Wildman–Crippen MR) is 86.0 cm³/mol. The van der Waals surface area contributed by atoms with Crippen molar-refractivity contribution in [2.75, 3.05) is 0 Å². The molecule has 4 heteroatoms. The fraction of sp³-hybridized carbons (Fsp3) is 0.833. The van der Waals surface area contributed by atoms with Crippen LogP contribution in [0.3, 0.4) is 0 Å². The zero-order chi connectivity index (χ0) is 15.8. The molecule has 22 heavy (non-hydrogen) atoms. The normalized spacial score (nSPS) is 11.2. The fourth-order valence-corrected chi connectivity index (χ4v) is 2.40. The first-order chi connectivity index (χ1) is 10.2. The van der Waals surface area contributed by atoms with Gasteiger partial charge in [-0.2, -0.15) is 0 Å². The largest absolute Gasteiger partial charge is 1.00 e. The molecule has 0 aromatic rings. The summed E-state index contributed by atoms with van der Waals surface area (Å²) in [4.78, 5) is 10.3. The molecule has 0 aromatic heterocycles. The first-order valence-electron chi connectivity index (χ1n) is 8.74. The van der Waals surface area contributed by atoms with Crippen molar-refractivity contribution >= 4 is 5.97 Å². The minimum atomic E-state index is -0.705. The number of carboxylic acid groups (broad SMARTS) is 1. The first kappa shape index (κ1) is 24.9. The van der Waals surface area contributed by atoms with E-state index in [-0.39, 0.29) is 57.8 Å². The van der Waals surface area contributed by atoms with Crippen LogP contribution in [0.4, 0.5) is 0 Å². The molecule has 3 nitrogen and oxygen atoms in total. The van der Waals surface area contributed by atoms with E-state index in [1.807, 2.05) is 6.08 Å². The summed E-state index contributed by atoms with van der Waals surface area (Å²) >= 11 is 0. The maximum absolute atomic E-state index is 11.6. The maximum Gasteiger partial charge on any atom is 1.00 e. The number of carbonyl (C=O) groups is 1. The predicted octanol–water partition coefficient (Wildman–Crippen LogP) is 1.80.